The molecule has 3 aromatic rings. The fourth-order valence-electron chi connectivity index (χ4n) is 4.53. The van der Waals surface area contributed by atoms with E-state index in [2.05, 4.69) is 33.2 Å². The third-order valence-electron chi connectivity index (χ3n) is 6.32. The number of cyclic esters (lactones) is 1. The second kappa shape index (κ2) is 8.65. The number of hydrogen-bond donors (Lipinski definition) is 1. The SMILES string of the molecule is COc1cc(-n2cnc(CN3CCN[C@H](c4ccc5c(c4C)COC5=O)C3)c2)ncc1C#N. The van der Waals surface area contributed by atoms with Crippen molar-refractivity contribution in [2.45, 2.75) is 26.1 Å². The van der Waals surface area contributed by atoms with E-state index < -0.39 is 0 Å². The Morgan fingerprint density at radius 1 is 1.36 bits per heavy atom. The van der Waals surface area contributed by atoms with E-state index in [-0.39, 0.29) is 12.0 Å². The highest BCUT2D eigenvalue weighted by Crippen LogP contribution is 2.30. The number of esters is 1. The highest BCUT2D eigenvalue weighted by molar-refractivity contribution is 5.94. The molecule has 2 aromatic heterocycles. The lowest BCUT2D eigenvalue weighted by molar-refractivity contribution is 0.0535. The van der Waals surface area contributed by atoms with Crippen molar-refractivity contribution in [2.24, 2.45) is 0 Å². The van der Waals surface area contributed by atoms with Gasteiger partial charge >= 0.3 is 5.97 Å². The Bertz CT molecular complexity index is 1260. The molecule has 1 aromatic carbocycles. The number of carbonyl (C=O) groups excluding carboxylic acids is 1. The molecule has 0 spiro atoms. The van der Waals surface area contributed by atoms with Crippen molar-refractivity contribution in [1.29, 1.82) is 5.26 Å². The first-order valence-corrected chi connectivity index (χ1v) is 10.8. The van der Waals surface area contributed by atoms with Crippen LogP contribution in [0.1, 0.15) is 44.3 Å². The molecule has 1 N–H and O–H groups in total. The zero-order valence-electron chi connectivity index (χ0n) is 18.5. The van der Waals surface area contributed by atoms with Crippen LogP contribution in [0.5, 0.6) is 5.75 Å². The Labute approximate surface area is 191 Å². The molecule has 1 atom stereocenters. The number of methoxy groups -OCH3 is 1. The maximum atomic E-state index is 11.9. The first-order valence-electron chi connectivity index (χ1n) is 10.8. The van der Waals surface area contributed by atoms with Crippen LogP contribution in [-0.4, -0.2) is 52.1 Å². The molecule has 0 radical (unpaired) electrons. The first kappa shape index (κ1) is 21.1. The number of nitriles is 1. The quantitative estimate of drug-likeness (QED) is 0.598. The van der Waals surface area contributed by atoms with Crippen LogP contribution in [0.4, 0.5) is 0 Å². The van der Waals surface area contributed by atoms with Gasteiger partial charge in [0.05, 0.1) is 24.6 Å². The lowest BCUT2D eigenvalue weighted by Gasteiger charge is -2.34. The average Bonchev–Trinajstić information content (AvgIpc) is 3.46. The Hall–Kier alpha value is -3.74. The van der Waals surface area contributed by atoms with E-state index in [9.17, 15) is 4.79 Å². The second-order valence-corrected chi connectivity index (χ2v) is 8.25. The van der Waals surface area contributed by atoms with Crippen LogP contribution in [0, 0.1) is 18.3 Å². The second-order valence-electron chi connectivity index (χ2n) is 8.25. The van der Waals surface area contributed by atoms with E-state index in [0.29, 0.717) is 35.8 Å². The number of benzene rings is 1. The van der Waals surface area contributed by atoms with Gasteiger partial charge in [-0.1, -0.05) is 6.07 Å². The van der Waals surface area contributed by atoms with Crippen LogP contribution in [0.2, 0.25) is 0 Å². The summed E-state index contributed by atoms with van der Waals surface area (Å²) in [5.41, 5.74) is 5.35. The molecule has 0 amide bonds. The summed E-state index contributed by atoms with van der Waals surface area (Å²) in [6.45, 7) is 5.76. The number of ether oxygens (including phenoxy) is 2. The molecule has 4 heterocycles. The molecular formula is C24H24N6O3. The van der Waals surface area contributed by atoms with Gasteiger partial charge in [0.25, 0.3) is 0 Å². The normalized spacial score (nSPS) is 18.0. The molecule has 33 heavy (non-hydrogen) atoms. The van der Waals surface area contributed by atoms with Crippen molar-refractivity contribution in [2.75, 3.05) is 26.7 Å². The van der Waals surface area contributed by atoms with Gasteiger partial charge in [-0.15, -0.1) is 0 Å². The van der Waals surface area contributed by atoms with Gasteiger partial charge < -0.3 is 14.8 Å². The van der Waals surface area contributed by atoms with Crippen molar-refractivity contribution < 1.29 is 14.3 Å². The number of nitrogens with zero attached hydrogens (tertiary/aromatic N) is 5. The number of pyridine rings is 1. The number of rotatable bonds is 5. The summed E-state index contributed by atoms with van der Waals surface area (Å²) in [6, 6.07) is 7.90. The molecule has 2 aliphatic rings. The summed E-state index contributed by atoms with van der Waals surface area (Å²) in [7, 11) is 1.54. The van der Waals surface area contributed by atoms with Crippen molar-refractivity contribution in [3.05, 3.63) is 70.4 Å². The van der Waals surface area contributed by atoms with Crippen molar-refractivity contribution >= 4 is 5.97 Å². The minimum Gasteiger partial charge on any atom is -0.495 e. The van der Waals surface area contributed by atoms with Gasteiger partial charge in [-0.05, 0) is 24.1 Å². The zero-order chi connectivity index (χ0) is 22.9. The Balaban J connectivity index is 1.30. The van der Waals surface area contributed by atoms with Gasteiger partial charge in [0.1, 0.15) is 36.1 Å². The Morgan fingerprint density at radius 2 is 2.24 bits per heavy atom. The summed E-state index contributed by atoms with van der Waals surface area (Å²) < 4.78 is 12.3. The number of carbonyl (C=O) groups is 1. The summed E-state index contributed by atoms with van der Waals surface area (Å²) in [6.07, 6.45) is 5.19. The topological polar surface area (TPSA) is 105 Å². The molecule has 2 aliphatic heterocycles. The number of imidazole rings is 1. The van der Waals surface area contributed by atoms with E-state index in [4.69, 9.17) is 14.7 Å². The number of nitrogens with one attached hydrogen (secondary N) is 1. The minimum atomic E-state index is -0.233. The van der Waals surface area contributed by atoms with Gasteiger partial charge in [0.15, 0.2) is 0 Å². The first-order chi connectivity index (χ1) is 16.1. The summed E-state index contributed by atoms with van der Waals surface area (Å²) >= 11 is 0. The molecule has 1 saturated heterocycles. The standard InChI is InChI=1S/C24H24N6O3/c1-15-18(3-4-19-20(15)13-33-24(19)31)21-12-29(6-5-26-21)10-17-11-30(14-28-17)23-7-22(32-2)16(8-25)9-27-23/h3-4,7,9,11,14,21,26H,5-6,10,12-13H2,1-2H3/t21-/m0/s1. The maximum Gasteiger partial charge on any atom is 0.338 e. The van der Waals surface area contributed by atoms with Crippen molar-refractivity contribution in [3.63, 3.8) is 0 Å². The van der Waals surface area contributed by atoms with Crippen LogP contribution >= 0.6 is 0 Å². The fourth-order valence-corrected chi connectivity index (χ4v) is 4.53. The summed E-state index contributed by atoms with van der Waals surface area (Å²) in [4.78, 5) is 23.1. The lowest BCUT2D eigenvalue weighted by Crippen LogP contribution is -2.45. The Kier molecular flexibility index (Phi) is 5.54. The van der Waals surface area contributed by atoms with E-state index in [1.165, 1.54) is 18.9 Å². The molecule has 0 bridgehead atoms. The summed E-state index contributed by atoms with van der Waals surface area (Å²) in [5.74, 6) is 0.899. The van der Waals surface area contributed by atoms with Gasteiger partial charge in [-0.3, -0.25) is 9.47 Å². The number of piperazine rings is 1. The monoisotopic (exact) mass is 444 g/mol. The van der Waals surface area contributed by atoms with E-state index >= 15 is 0 Å². The smallest absolute Gasteiger partial charge is 0.338 e. The zero-order valence-corrected chi connectivity index (χ0v) is 18.5. The van der Waals surface area contributed by atoms with Crippen LogP contribution < -0.4 is 10.1 Å². The molecule has 168 valence electrons. The molecule has 1 fully saturated rings. The Morgan fingerprint density at radius 3 is 3.06 bits per heavy atom. The van der Waals surface area contributed by atoms with Crippen LogP contribution in [0.25, 0.3) is 5.82 Å². The van der Waals surface area contributed by atoms with Gasteiger partial charge in [-0.2, -0.15) is 5.26 Å². The lowest BCUT2D eigenvalue weighted by atomic mass is 9.93. The van der Waals surface area contributed by atoms with Gasteiger partial charge in [-0.25, -0.2) is 14.8 Å². The van der Waals surface area contributed by atoms with Gasteiger partial charge in [0.2, 0.25) is 0 Å². The minimum absolute atomic E-state index is 0.172. The van der Waals surface area contributed by atoms with Gasteiger partial charge in [0, 0.05) is 50.0 Å². The van der Waals surface area contributed by atoms with Crippen LogP contribution in [0.15, 0.2) is 36.9 Å². The van der Waals surface area contributed by atoms with E-state index in [0.717, 1.165) is 36.5 Å². The fraction of sp³-hybridized carbons (Fsp3) is 0.333. The maximum absolute atomic E-state index is 11.9. The largest absolute Gasteiger partial charge is 0.495 e. The number of aromatic nitrogens is 3. The van der Waals surface area contributed by atoms with E-state index in [1.807, 2.05) is 22.9 Å². The molecule has 9 nitrogen and oxygen atoms in total. The number of hydrogen-bond acceptors (Lipinski definition) is 8. The van der Waals surface area contributed by atoms with Crippen molar-refractivity contribution in [1.82, 2.24) is 24.8 Å². The van der Waals surface area contributed by atoms with Crippen molar-refractivity contribution in [3.8, 4) is 17.6 Å². The molecule has 0 unspecified atom stereocenters. The highest BCUT2D eigenvalue weighted by atomic mass is 16.5. The third-order valence-corrected chi connectivity index (χ3v) is 6.32. The number of fused-ring (bicyclic) bond motifs is 1. The van der Waals surface area contributed by atoms with Crippen LogP contribution in [-0.2, 0) is 17.9 Å². The molecule has 5 rings (SSSR count). The molecule has 9 heteroatoms. The molecule has 0 saturated carbocycles. The third kappa shape index (κ3) is 3.95. The van der Waals surface area contributed by atoms with Crippen LogP contribution in [0.3, 0.4) is 0 Å². The molecular weight excluding hydrogens is 420 g/mol. The predicted molar refractivity (Wildman–Crippen MR) is 119 cm³/mol. The predicted octanol–water partition coefficient (Wildman–Crippen LogP) is 2.27. The summed E-state index contributed by atoms with van der Waals surface area (Å²) in [5, 5.41) is 12.8. The highest BCUT2D eigenvalue weighted by Gasteiger charge is 2.28. The molecule has 0 aliphatic carbocycles. The van der Waals surface area contributed by atoms with E-state index in [1.54, 1.807) is 12.4 Å². The average molecular weight is 444 g/mol.